The maximum Gasteiger partial charge on any atom is 0.359 e. The molecule has 0 bridgehead atoms. The molecule has 0 heterocycles. The van der Waals surface area contributed by atoms with E-state index in [0.29, 0.717) is 5.75 Å². The Bertz CT molecular complexity index is 428. The minimum Gasteiger partial charge on any atom is -0.484 e. The highest BCUT2D eigenvalue weighted by Gasteiger charge is 2.10. The number of hydrogen-bond donors (Lipinski definition) is 2. The van der Waals surface area contributed by atoms with Gasteiger partial charge in [0.05, 0.1) is 0 Å². The van der Waals surface area contributed by atoms with Gasteiger partial charge in [0.15, 0.2) is 6.61 Å². The predicted octanol–water partition coefficient (Wildman–Crippen LogP) is -0.0156. The van der Waals surface area contributed by atoms with E-state index in [1.165, 1.54) is 4.72 Å². The van der Waals surface area contributed by atoms with Crippen LogP contribution in [-0.4, -0.2) is 25.5 Å². The van der Waals surface area contributed by atoms with Crippen LogP contribution in [0.2, 0.25) is 0 Å². The van der Waals surface area contributed by atoms with Crippen LogP contribution < -0.4 is 9.46 Å². The average molecular weight is 231 g/mol. The van der Waals surface area contributed by atoms with Gasteiger partial charge in [-0.05, 0) is 12.1 Å². The lowest BCUT2D eigenvalue weighted by Gasteiger charge is -2.04. The van der Waals surface area contributed by atoms with Gasteiger partial charge in [0.1, 0.15) is 5.75 Å². The van der Waals surface area contributed by atoms with E-state index in [4.69, 9.17) is 9.29 Å². The highest BCUT2D eigenvalue weighted by molar-refractivity contribution is 7.84. The number of rotatable bonds is 4. The number of nitrogens with one attached hydrogen (secondary N) is 1. The monoisotopic (exact) mass is 231 g/mol. The molecular weight excluding hydrogens is 222 g/mol. The van der Waals surface area contributed by atoms with Gasteiger partial charge in [0, 0.05) is 0 Å². The van der Waals surface area contributed by atoms with Crippen LogP contribution in [0.5, 0.6) is 5.75 Å². The summed E-state index contributed by atoms with van der Waals surface area (Å²) in [7, 11) is -4.51. The van der Waals surface area contributed by atoms with Gasteiger partial charge in [-0.25, -0.2) is 4.72 Å². The number of carbonyl (C=O) groups is 1. The number of amides is 1. The second-order valence-electron chi connectivity index (χ2n) is 2.60. The van der Waals surface area contributed by atoms with E-state index >= 15 is 0 Å². The molecule has 0 aliphatic carbocycles. The molecule has 0 aliphatic rings. The van der Waals surface area contributed by atoms with Crippen molar-refractivity contribution in [3.63, 3.8) is 0 Å². The summed E-state index contributed by atoms with van der Waals surface area (Å²) in [5.74, 6) is -0.510. The Hall–Kier alpha value is -1.60. The maximum absolute atomic E-state index is 10.9. The van der Waals surface area contributed by atoms with Crippen LogP contribution in [0.25, 0.3) is 0 Å². The summed E-state index contributed by atoms with van der Waals surface area (Å²) >= 11 is 0. The number of carbonyl (C=O) groups excluding carboxylic acids is 1. The number of para-hydroxylation sites is 1. The standard InChI is InChI=1S/C8H9NO5S/c10-8(9-15(11,12)13)6-14-7-4-2-1-3-5-7/h1-5H,6H2,(H,9,10)(H,11,12,13). The molecule has 0 saturated heterocycles. The molecule has 0 spiro atoms. The minimum atomic E-state index is -4.51. The first kappa shape index (κ1) is 11.5. The zero-order chi connectivity index (χ0) is 11.3. The van der Waals surface area contributed by atoms with Gasteiger partial charge in [-0.15, -0.1) is 0 Å². The van der Waals surface area contributed by atoms with Gasteiger partial charge in [-0.1, -0.05) is 18.2 Å². The summed E-state index contributed by atoms with van der Waals surface area (Å²) in [6.07, 6.45) is 0. The number of ether oxygens (including phenoxy) is 1. The van der Waals surface area contributed by atoms with Gasteiger partial charge in [0.2, 0.25) is 0 Å². The van der Waals surface area contributed by atoms with Crippen molar-refractivity contribution < 1.29 is 22.5 Å². The van der Waals surface area contributed by atoms with E-state index < -0.39 is 22.8 Å². The van der Waals surface area contributed by atoms with Gasteiger partial charge in [-0.2, -0.15) is 8.42 Å². The summed E-state index contributed by atoms with van der Waals surface area (Å²) in [6, 6.07) is 8.40. The first-order chi connectivity index (χ1) is 6.97. The van der Waals surface area contributed by atoms with Crippen molar-refractivity contribution in [3.8, 4) is 5.75 Å². The molecular formula is C8H9NO5S. The van der Waals surface area contributed by atoms with Gasteiger partial charge in [0.25, 0.3) is 5.91 Å². The second-order valence-corrected chi connectivity index (χ2v) is 3.76. The molecule has 6 nitrogen and oxygen atoms in total. The van der Waals surface area contributed by atoms with Crippen molar-refractivity contribution in [2.75, 3.05) is 6.61 Å². The normalized spacial score (nSPS) is 10.7. The third kappa shape index (κ3) is 4.99. The molecule has 1 aromatic carbocycles. The fourth-order valence-electron chi connectivity index (χ4n) is 0.839. The van der Waals surface area contributed by atoms with E-state index in [0.717, 1.165) is 0 Å². The molecule has 15 heavy (non-hydrogen) atoms. The van der Waals surface area contributed by atoms with Crippen molar-refractivity contribution in [1.29, 1.82) is 0 Å². The Morgan fingerprint density at radius 3 is 2.47 bits per heavy atom. The van der Waals surface area contributed by atoms with Crippen LogP contribution in [-0.2, 0) is 15.1 Å². The lowest BCUT2D eigenvalue weighted by Crippen LogP contribution is -2.33. The number of benzene rings is 1. The molecule has 0 aromatic heterocycles. The van der Waals surface area contributed by atoms with E-state index in [1.807, 2.05) is 0 Å². The Balaban J connectivity index is 2.42. The summed E-state index contributed by atoms with van der Waals surface area (Å²) in [5.41, 5.74) is 0. The quantitative estimate of drug-likeness (QED) is 0.710. The SMILES string of the molecule is O=C(COc1ccccc1)NS(=O)(=O)O. The van der Waals surface area contributed by atoms with Crippen LogP contribution in [0, 0.1) is 0 Å². The Morgan fingerprint density at radius 1 is 1.33 bits per heavy atom. The highest BCUT2D eigenvalue weighted by Crippen LogP contribution is 2.07. The smallest absolute Gasteiger partial charge is 0.359 e. The van der Waals surface area contributed by atoms with E-state index in [2.05, 4.69) is 0 Å². The highest BCUT2D eigenvalue weighted by atomic mass is 32.2. The molecule has 82 valence electrons. The van der Waals surface area contributed by atoms with Crippen molar-refractivity contribution in [1.82, 2.24) is 4.72 Å². The molecule has 0 aliphatic heterocycles. The zero-order valence-corrected chi connectivity index (χ0v) is 8.40. The molecule has 0 radical (unpaired) electrons. The van der Waals surface area contributed by atoms with E-state index in [1.54, 1.807) is 30.3 Å². The molecule has 0 atom stereocenters. The van der Waals surface area contributed by atoms with Gasteiger partial charge >= 0.3 is 10.3 Å². The predicted molar refractivity (Wildman–Crippen MR) is 51.6 cm³/mol. The van der Waals surface area contributed by atoms with Crippen molar-refractivity contribution in [3.05, 3.63) is 30.3 Å². The maximum atomic E-state index is 10.9. The summed E-state index contributed by atoms with van der Waals surface area (Å²) in [5, 5.41) is 0. The minimum absolute atomic E-state index is 0.433. The lowest BCUT2D eigenvalue weighted by molar-refractivity contribution is -0.121. The Labute approximate surface area is 86.8 Å². The largest absolute Gasteiger partial charge is 0.484 e. The molecule has 1 amide bonds. The number of hydrogen-bond acceptors (Lipinski definition) is 4. The summed E-state index contributed by atoms with van der Waals surface area (Å²) in [4.78, 5) is 10.9. The van der Waals surface area contributed by atoms with E-state index in [9.17, 15) is 13.2 Å². The van der Waals surface area contributed by atoms with E-state index in [-0.39, 0.29) is 0 Å². The first-order valence-corrected chi connectivity index (χ1v) is 5.37. The van der Waals surface area contributed by atoms with Crippen LogP contribution in [0.1, 0.15) is 0 Å². The molecule has 2 N–H and O–H groups in total. The molecule has 1 aromatic rings. The van der Waals surface area contributed by atoms with Crippen molar-refractivity contribution >= 4 is 16.2 Å². The molecule has 0 fully saturated rings. The Kier molecular flexibility index (Phi) is 3.64. The summed E-state index contributed by atoms with van der Waals surface area (Å²) in [6.45, 7) is -0.482. The lowest BCUT2D eigenvalue weighted by atomic mass is 10.3. The molecule has 7 heteroatoms. The molecule has 0 saturated carbocycles. The Morgan fingerprint density at radius 2 is 1.93 bits per heavy atom. The zero-order valence-electron chi connectivity index (χ0n) is 7.58. The van der Waals surface area contributed by atoms with Crippen LogP contribution >= 0.6 is 0 Å². The summed E-state index contributed by atoms with van der Waals surface area (Å²) < 4.78 is 35.0. The van der Waals surface area contributed by atoms with Gasteiger partial charge in [-0.3, -0.25) is 9.35 Å². The topological polar surface area (TPSA) is 92.7 Å². The average Bonchev–Trinajstić information content (AvgIpc) is 2.14. The molecule has 1 rings (SSSR count). The fraction of sp³-hybridized carbons (Fsp3) is 0.125. The first-order valence-electron chi connectivity index (χ1n) is 3.93. The second kappa shape index (κ2) is 4.76. The van der Waals surface area contributed by atoms with Gasteiger partial charge < -0.3 is 4.74 Å². The van der Waals surface area contributed by atoms with Crippen molar-refractivity contribution in [2.45, 2.75) is 0 Å². The van der Waals surface area contributed by atoms with Crippen molar-refractivity contribution in [2.24, 2.45) is 0 Å². The van der Waals surface area contributed by atoms with Crippen LogP contribution in [0.3, 0.4) is 0 Å². The third-order valence-corrected chi connectivity index (χ3v) is 1.84. The third-order valence-electron chi connectivity index (χ3n) is 1.36. The molecule has 0 unspecified atom stereocenters. The van der Waals surface area contributed by atoms with Crippen LogP contribution in [0.15, 0.2) is 30.3 Å². The van der Waals surface area contributed by atoms with Crippen LogP contribution in [0.4, 0.5) is 0 Å². The fourth-order valence-corrected chi connectivity index (χ4v) is 1.19.